The smallest absolute Gasteiger partial charge is 0.310 e. The Kier molecular flexibility index (Phi) is 5.37. The third-order valence-corrected chi connectivity index (χ3v) is 4.21. The topological polar surface area (TPSA) is 107 Å². The SMILES string of the molecule is CCOC(=O)C1CCCN(c2ncnc(NCc3ccco3)c2N)C1. The molecule has 1 atom stereocenters. The number of anilines is 3. The predicted molar refractivity (Wildman–Crippen MR) is 94.0 cm³/mol. The summed E-state index contributed by atoms with van der Waals surface area (Å²) in [5, 5.41) is 3.16. The van der Waals surface area contributed by atoms with Gasteiger partial charge in [0.25, 0.3) is 0 Å². The van der Waals surface area contributed by atoms with E-state index in [0.29, 0.717) is 37.0 Å². The molecule has 8 heteroatoms. The molecule has 1 aliphatic rings. The molecule has 8 nitrogen and oxygen atoms in total. The van der Waals surface area contributed by atoms with Gasteiger partial charge in [-0.1, -0.05) is 0 Å². The van der Waals surface area contributed by atoms with Crippen molar-refractivity contribution in [2.45, 2.75) is 26.3 Å². The lowest BCUT2D eigenvalue weighted by Gasteiger charge is -2.33. The van der Waals surface area contributed by atoms with Crippen LogP contribution >= 0.6 is 0 Å². The van der Waals surface area contributed by atoms with Crippen molar-refractivity contribution in [2.24, 2.45) is 5.92 Å². The van der Waals surface area contributed by atoms with Crippen molar-refractivity contribution in [1.82, 2.24) is 9.97 Å². The average molecular weight is 345 g/mol. The fraction of sp³-hybridized carbons (Fsp3) is 0.471. The van der Waals surface area contributed by atoms with Crippen LogP contribution in [0.15, 0.2) is 29.1 Å². The van der Waals surface area contributed by atoms with E-state index in [2.05, 4.69) is 15.3 Å². The average Bonchev–Trinajstić information content (AvgIpc) is 3.15. The molecule has 3 N–H and O–H groups in total. The minimum atomic E-state index is -0.156. The normalized spacial score (nSPS) is 17.3. The standard InChI is InChI=1S/C17H23N5O3/c1-2-24-17(23)12-5-3-7-22(10-12)16-14(18)15(20-11-21-16)19-9-13-6-4-8-25-13/h4,6,8,11-12H,2-3,5,7,9-10,18H2,1H3,(H,19,20,21). The Balaban J connectivity index is 1.71. The quantitative estimate of drug-likeness (QED) is 0.766. The maximum absolute atomic E-state index is 12.0. The third kappa shape index (κ3) is 4.01. The largest absolute Gasteiger partial charge is 0.467 e. The van der Waals surface area contributed by atoms with Gasteiger partial charge < -0.3 is 25.1 Å². The molecule has 3 rings (SSSR count). The minimum Gasteiger partial charge on any atom is -0.467 e. The van der Waals surface area contributed by atoms with E-state index in [-0.39, 0.29) is 11.9 Å². The molecule has 0 aliphatic carbocycles. The number of ether oxygens (including phenoxy) is 1. The third-order valence-electron chi connectivity index (χ3n) is 4.21. The van der Waals surface area contributed by atoms with E-state index in [4.69, 9.17) is 14.9 Å². The zero-order valence-electron chi connectivity index (χ0n) is 14.3. The van der Waals surface area contributed by atoms with Crippen LogP contribution in [-0.2, 0) is 16.1 Å². The number of piperidine rings is 1. The monoisotopic (exact) mass is 345 g/mol. The highest BCUT2D eigenvalue weighted by Crippen LogP contribution is 2.30. The number of esters is 1. The van der Waals surface area contributed by atoms with E-state index in [9.17, 15) is 4.79 Å². The molecule has 0 amide bonds. The molecule has 1 fully saturated rings. The second-order valence-electron chi connectivity index (χ2n) is 5.93. The molecule has 0 radical (unpaired) electrons. The van der Waals surface area contributed by atoms with E-state index in [1.165, 1.54) is 6.33 Å². The highest BCUT2D eigenvalue weighted by atomic mass is 16.5. The maximum atomic E-state index is 12.0. The number of nitrogens with zero attached hydrogens (tertiary/aromatic N) is 3. The first-order chi connectivity index (χ1) is 12.2. The number of carbonyl (C=O) groups excluding carboxylic acids is 1. The summed E-state index contributed by atoms with van der Waals surface area (Å²) in [4.78, 5) is 22.6. The fourth-order valence-electron chi connectivity index (χ4n) is 2.99. The lowest BCUT2D eigenvalue weighted by molar-refractivity contribution is -0.148. The van der Waals surface area contributed by atoms with E-state index >= 15 is 0 Å². The van der Waals surface area contributed by atoms with Crippen LogP contribution in [0.5, 0.6) is 0 Å². The zero-order chi connectivity index (χ0) is 17.6. The first-order valence-electron chi connectivity index (χ1n) is 8.47. The molecular weight excluding hydrogens is 322 g/mol. The number of hydrogen-bond acceptors (Lipinski definition) is 8. The highest BCUT2D eigenvalue weighted by molar-refractivity contribution is 5.77. The zero-order valence-corrected chi connectivity index (χ0v) is 14.3. The summed E-state index contributed by atoms with van der Waals surface area (Å²) in [6.45, 7) is 4.05. The van der Waals surface area contributed by atoms with Gasteiger partial charge in [0.2, 0.25) is 0 Å². The highest BCUT2D eigenvalue weighted by Gasteiger charge is 2.29. The van der Waals surface area contributed by atoms with E-state index in [1.54, 1.807) is 6.26 Å². The Morgan fingerprint density at radius 3 is 3.16 bits per heavy atom. The molecule has 0 spiro atoms. The van der Waals surface area contributed by atoms with Crippen molar-refractivity contribution in [1.29, 1.82) is 0 Å². The number of aromatic nitrogens is 2. The van der Waals surface area contributed by atoms with Crippen molar-refractivity contribution < 1.29 is 13.9 Å². The van der Waals surface area contributed by atoms with E-state index in [1.807, 2.05) is 24.0 Å². The Hall–Kier alpha value is -2.77. The fourth-order valence-corrected chi connectivity index (χ4v) is 2.99. The van der Waals surface area contributed by atoms with Crippen LogP contribution in [0, 0.1) is 5.92 Å². The van der Waals surface area contributed by atoms with E-state index < -0.39 is 0 Å². The molecule has 1 unspecified atom stereocenters. The van der Waals surface area contributed by atoms with Gasteiger partial charge in [0, 0.05) is 13.1 Å². The van der Waals surface area contributed by atoms with Crippen molar-refractivity contribution >= 4 is 23.3 Å². The van der Waals surface area contributed by atoms with Crippen molar-refractivity contribution in [3.63, 3.8) is 0 Å². The van der Waals surface area contributed by atoms with Gasteiger partial charge in [0.1, 0.15) is 17.8 Å². The summed E-state index contributed by atoms with van der Waals surface area (Å²) in [6, 6.07) is 3.70. The Morgan fingerprint density at radius 2 is 2.40 bits per heavy atom. The number of nitrogen functional groups attached to an aromatic ring is 1. The molecule has 3 heterocycles. The summed E-state index contributed by atoms with van der Waals surface area (Å²) in [6.07, 6.45) is 4.81. The summed E-state index contributed by atoms with van der Waals surface area (Å²) < 4.78 is 10.4. The first kappa shape index (κ1) is 17.1. The molecule has 2 aromatic rings. The summed E-state index contributed by atoms with van der Waals surface area (Å²) >= 11 is 0. The maximum Gasteiger partial charge on any atom is 0.310 e. The molecule has 0 aromatic carbocycles. The van der Waals surface area contributed by atoms with Gasteiger partial charge in [-0.3, -0.25) is 4.79 Å². The Morgan fingerprint density at radius 1 is 1.52 bits per heavy atom. The lowest BCUT2D eigenvalue weighted by Crippen LogP contribution is -2.40. The van der Waals surface area contributed by atoms with Crippen molar-refractivity contribution in [3.05, 3.63) is 30.5 Å². The first-order valence-corrected chi connectivity index (χ1v) is 8.47. The number of nitrogens with two attached hydrogens (primary N) is 1. The molecule has 2 aromatic heterocycles. The van der Waals surface area contributed by atoms with Crippen LogP contribution in [-0.4, -0.2) is 35.6 Å². The minimum absolute atomic E-state index is 0.150. The number of furan rings is 1. The van der Waals surface area contributed by atoms with Gasteiger partial charge in [0.05, 0.1) is 25.3 Å². The van der Waals surface area contributed by atoms with Crippen LogP contribution in [0.2, 0.25) is 0 Å². The number of nitrogens with one attached hydrogen (secondary N) is 1. The second-order valence-corrected chi connectivity index (χ2v) is 5.93. The molecule has 0 bridgehead atoms. The Bertz CT molecular complexity index is 704. The van der Waals surface area contributed by atoms with Gasteiger partial charge in [-0.05, 0) is 31.9 Å². The van der Waals surface area contributed by atoms with Gasteiger partial charge in [-0.25, -0.2) is 9.97 Å². The van der Waals surface area contributed by atoms with Crippen LogP contribution in [0.4, 0.5) is 17.3 Å². The van der Waals surface area contributed by atoms with Crippen LogP contribution in [0.1, 0.15) is 25.5 Å². The van der Waals surface area contributed by atoms with Crippen molar-refractivity contribution in [3.8, 4) is 0 Å². The summed E-state index contributed by atoms with van der Waals surface area (Å²) in [7, 11) is 0. The molecule has 134 valence electrons. The molecule has 25 heavy (non-hydrogen) atoms. The van der Waals surface area contributed by atoms with Gasteiger partial charge in [-0.15, -0.1) is 0 Å². The van der Waals surface area contributed by atoms with Crippen LogP contribution < -0.4 is 16.0 Å². The molecule has 1 aliphatic heterocycles. The van der Waals surface area contributed by atoms with Crippen molar-refractivity contribution in [2.75, 3.05) is 35.6 Å². The van der Waals surface area contributed by atoms with E-state index in [0.717, 1.165) is 25.1 Å². The molecule has 1 saturated heterocycles. The van der Waals surface area contributed by atoms with Crippen LogP contribution in [0.3, 0.4) is 0 Å². The Labute approximate surface area is 146 Å². The summed E-state index contributed by atoms with van der Waals surface area (Å²) in [5.74, 6) is 1.68. The summed E-state index contributed by atoms with van der Waals surface area (Å²) in [5.41, 5.74) is 6.73. The number of rotatable bonds is 6. The molecular formula is C17H23N5O3. The molecule has 0 saturated carbocycles. The number of carbonyl (C=O) groups is 1. The number of hydrogen-bond donors (Lipinski definition) is 2. The second kappa shape index (κ2) is 7.87. The lowest BCUT2D eigenvalue weighted by atomic mass is 9.98. The van der Waals surface area contributed by atoms with Gasteiger partial charge >= 0.3 is 5.97 Å². The predicted octanol–water partition coefficient (Wildman–Crippen LogP) is 2.04. The van der Waals surface area contributed by atoms with Gasteiger partial charge in [0.15, 0.2) is 11.6 Å². The van der Waals surface area contributed by atoms with Gasteiger partial charge in [-0.2, -0.15) is 0 Å². The van der Waals surface area contributed by atoms with Crippen LogP contribution in [0.25, 0.3) is 0 Å².